The minimum atomic E-state index is 0.290. The van der Waals surface area contributed by atoms with Crippen LogP contribution < -0.4 is 0 Å². The Morgan fingerprint density at radius 2 is 1.90 bits per heavy atom. The Bertz CT molecular complexity index is 470. The molecule has 2 fully saturated rings. The number of benzene rings is 1. The summed E-state index contributed by atoms with van der Waals surface area (Å²) in [6.07, 6.45) is 6.63. The first-order valence-electron chi connectivity index (χ1n) is 7.75. The van der Waals surface area contributed by atoms with Gasteiger partial charge in [-0.05, 0) is 49.9 Å². The lowest BCUT2D eigenvalue weighted by Crippen LogP contribution is -2.40. The smallest absolute Gasteiger partial charge is 0.137 e. The minimum Gasteiger partial charge on any atom is -0.299 e. The number of hydrogen-bond donors (Lipinski definition) is 0. The summed E-state index contributed by atoms with van der Waals surface area (Å²) in [4.78, 5) is 14.7. The van der Waals surface area contributed by atoms with E-state index in [1.165, 1.54) is 24.8 Å². The number of carbonyl (C=O) groups is 1. The van der Waals surface area contributed by atoms with Crippen LogP contribution in [-0.4, -0.2) is 23.3 Å². The molecule has 1 heterocycles. The van der Waals surface area contributed by atoms with Crippen molar-refractivity contribution in [2.45, 2.75) is 51.1 Å². The number of Topliss-reactive ketones (excluding diaryl/α,β-unsaturated/α-hetero) is 1. The average molecular weight is 292 g/mol. The van der Waals surface area contributed by atoms with Crippen LogP contribution in [0.25, 0.3) is 0 Å². The highest BCUT2D eigenvalue weighted by Crippen LogP contribution is 2.33. The van der Waals surface area contributed by atoms with Crippen LogP contribution in [0.1, 0.15) is 44.1 Å². The first-order chi connectivity index (χ1) is 9.74. The molecule has 2 aliphatic rings. The second-order valence-electron chi connectivity index (χ2n) is 6.13. The summed E-state index contributed by atoms with van der Waals surface area (Å²) in [6.45, 7) is 2.07. The van der Waals surface area contributed by atoms with Crippen LogP contribution in [0, 0.1) is 5.92 Å². The summed E-state index contributed by atoms with van der Waals surface area (Å²) in [5.74, 6) is 0.794. The molecular weight excluding hydrogens is 270 g/mol. The fraction of sp³-hybridized carbons (Fsp3) is 0.588. The molecule has 20 heavy (non-hydrogen) atoms. The molecule has 1 aromatic carbocycles. The van der Waals surface area contributed by atoms with Crippen LogP contribution in [0.2, 0.25) is 5.02 Å². The van der Waals surface area contributed by atoms with Gasteiger partial charge >= 0.3 is 0 Å². The van der Waals surface area contributed by atoms with Crippen LogP contribution >= 0.6 is 11.6 Å². The summed E-state index contributed by atoms with van der Waals surface area (Å²) in [7, 11) is 0. The second kappa shape index (κ2) is 6.28. The van der Waals surface area contributed by atoms with Gasteiger partial charge in [0.15, 0.2) is 0 Å². The summed E-state index contributed by atoms with van der Waals surface area (Å²) in [5, 5.41) is 0.786. The molecule has 1 aliphatic heterocycles. The van der Waals surface area contributed by atoms with E-state index in [0.717, 1.165) is 37.4 Å². The lowest BCUT2D eigenvalue weighted by Gasteiger charge is -2.33. The van der Waals surface area contributed by atoms with E-state index in [9.17, 15) is 4.79 Å². The summed E-state index contributed by atoms with van der Waals surface area (Å²) in [6, 6.07) is 8.57. The van der Waals surface area contributed by atoms with Gasteiger partial charge in [-0.1, -0.05) is 30.2 Å². The SMILES string of the molecule is O=C1CCCCC1C1CCCN1Cc1ccc(Cl)cc1. The molecule has 1 saturated carbocycles. The van der Waals surface area contributed by atoms with E-state index in [-0.39, 0.29) is 0 Å². The lowest BCUT2D eigenvalue weighted by atomic mass is 9.82. The largest absolute Gasteiger partial charge is 0.299 e. The van der Waals surface area contributed by atoms with Crippen LogP contribution in [0.5, 0.6) is 0 Å². The molecule has 108 valence electrons. The maximum Gasteiger partial charge on any atom is 0.137 e. The predicted octanol–water partition coefficient (Wildman–Crippen LogP) is 4.06. The molecule has 0 radical (unpaired) electrons. The molecule has 2 atom stereocenters. The number of halogens is 1. The van der Waals surface area contributed by atoms with E-state index >= 15 is 0 Å². The van der Waals surface area contributed by atoms with Crippen LogP contribution in [0.15, 0.2) is 24.3 Å². The number of carbonyl (C=O) groups excluding carboxylic acids is 1. The molecule has 3 heteroatoms. The Morgan fingerprint density at radius 1 is 1.10 bits per heavy atom. The van der Waals surface area contributed by atoms with Crippen molar-refractivity contribution in [2.24, 2.45) is 5.92 Å². The average Bonchev–Trinajstić information content (AvgIpc) is 2.90. The first-order valence-corrected chi connectivity index (χ1v) is 8.13. The van der Waals surface area contributed by atoms with Gasteiger partial charge < -0.3 is 0 Å². The molecule has 1 saturated heterocycles. The van der Waals surface area contributed by atoms with Gasteiger partial charge in [-0.15, -0.1) is 0 Å². The van der Waals surface area contributed by atoms with Crippen molar-refractivity contribution in [3.05, 3.63) is 34.9 Å². The third-order valence-electron chi connectivity index (χ3n) is 4.78. The van der Waals surface area contributed by atoms with Gasteiger partial charge in [0.2, 0.25) is 0 Å². The Kier molecular flexibility index (Phi) is 4.42. The maximum atomic E-state index is 12.2. The predicted molar refractivity (Wildman–Crippen MR) is 81.8 cm³/mol. The molecule has 2 unspecified atom stereocenters. The quantitative estimate of drug-likeness (QED) is 0.837. The zero-order chi connectivity index (χ0) is 13.9. The summed E-state index contributed by atoms with van der Waals surface area (Å²) >= 11 is 5.94. The number of rotatable bonds is 3. The van der Waals surface area contributed by atoms with Crippen molar-refractivity contribution >= 4 is 17.4 Å². The van der Waals surface area contributed by atoms with Gasteiger partial charge in [-0.3, -0.25) is 9.69 Å². The molecular formula is C17H22ClNO. The van der Waals surface area contributed by atoms with Crippen LogP contribution in [-0.2, 0) is 11.3 Å². The Balaban J connectivity index is 1.68. The molecule has 0 amide bonds. The van der Waals surface area contributed by atoms with Gasteiger partial charge in [0, 0.05) is 29.9 Å². The standard InChI is InChI=1S/C17H22ClNO/c18-14-9-7-13(8-10-14)12-19-11-3-5-16(19)15-4-1-2-6-17(15)20/h7-10,15-16H,1-6,11-12H2. The van der Waals surface area contributed by atoms with Gasteiger partial charge in [0.25, 0.3) is 0 Å². The highest BCUT2D eigenvalue weighted by molar-refractivity contribution is 6.30. The second-order valence-corrected chi connectivity index (χ2v) is 6.56. The fourth-order valence-electron chi connectivity index (χ4n) is 3.75. The molecule has 1 aliphatic carbocycles. The van der Waals surface area contributed by atoms with Gasteiger partial charge in [-0.2, -0.15) is 0 Å². The van der Waals surface area contributed by atoms with Crippen molar-refractivity contribution in [1.29, 1.82) is 0 Å². The Morgan fingerprint density at radius 3 is 2.65 bits per heavy atom. The summed E-state index contributed by atoms with van der Waals surface area (Å²) in [5.41, 5.74) is 1.30. The minimum absolute atomic E-state index is 0.290. The highest BCUT2D eigenvalue weighted by atomic mass is 35.5. The molecule has 2 nitrogen and oxygen atoms in total. The van der Waals surface area contributed by atoms with Crippen LogP contribution in [0.4, 0.5) is 0 Å². The van der Waals surface area contributed by atoms with Crippen LogP contribution in [0.3, 0.4) is 0 Å². The molecule has 3 rings (SSSR count). The molecule has 0 aromatic heterocycles. The Hall–Kier alpha value is -0.860. The van der Waals surface area contributed by atoms with Gasteiger partial charge in [-0.25, -0.2) is 0 Å². The van der Waals surface area contributed by atoms with E-state index < -0.39 is 0 Å². The Labute approximate surface area is 126 Å². The van der Waals surface area contributed by atoms with E-state index in [1.54, 1.807) is 0 Å². The van der Waals surface area contributed by atoms with Crippen molar-refractivity contribution in [2.75, 3.05) is 6.54 Å². The van der Waals surface area contributed by atoms with E-state index in [1.807, 2.05) is 12.1 Å². The zero-order valence-corrected chi connectivity index (χ0v) is 12.6. The number of likely N-dealkylation sites (tertiary alicyclic amines) is 1. The van der Waals surface area contributed by atoms with Crippen molar-refractivity contribution < 1.29 is 4.79 Å². The normalized spacial score (nSPS) is 27.9. The van der Waals surface area contributed by atoms with Crippen molar-refractivity contribution in [3.8, 4) is 0 Å². The highest BCUT2D eigenvalue weighted by Gasteiger charge is 2.36. The molecule has 0 spiro atoms. The maximum absolute atomic E-state index is 12.2. The monoisotopic (exact) mass is 291 g/mol. The third kappa shape index (κ3) is 3.07. The summed E-state index contributed by atoms with van der Waals surface area (Å²) < 4.78 is 0. The van der Waals surface area contributed by atoms with Crippen molar-refractivity contribution in [3.63, 3.8) is 0 Å². The molecule has 0 N–H and O–H groups in total. The van der Waals surface area contributed by atoms with Gasteiger partial charge in [0.05, 0.1) is 0 Å². The third-order valence-corrected chi connectivity index (χ3v) is 5.03. The number of ketones is 1. The van der Waals surface area contributed by atoms with Crippen molar-refractivity contribution in [1.82, 2.24) is 4.90 Å². The molecule has 1 aromatic rings. The lowest BCUT2D eigenvalue weighted by molar-refractivity contribution is -0.126. The van der Waals surface area contributed by atoms with E-state index in [0.29, 0.717) is 17.7 Å². The fourth-order valence-corrected chi connectivity index (χ4v) is 3.87. The first kappa shape index (κ1) is 14.1. The topological polar surface area (TPSA) is 20.3 Å². The number of hydrogen-bond acceptors (Lipinski definition) is 2. The molecule has 0 bridgehead atoms. The van der Waals surface area contributed by atoms with Gasteiger partial charge in [0.1, 0.15) is 5.78 Å². The number of nitrogens with zero attached hydrogens (tertiary/aromatic N) is 1. The van der Waals surface area contributed by atoms with E-state index in [2.05, 4.69) is 17.0 Å². The zero-order valence-electron chi connectivity index (χ0n) is 11.9. The van der Waals surface area contributed by atoms with E-state index in [4.69, 9.17) is 11.6 Å².